The van der Waals surface area contributed by atoms with E-state index in [4.69, 9.17) is 0 Å². The van der Waals surface area contributed by atoms with Crippen LogP contribution in [0.25, 0.3) is 11.1 Å². The number of benzene rings is 2. The van der Waals surface area contributed by atoms with Gasteiger partial charge >= 0.3 is 0 Å². The second kappa shape index (κ2) is 8.10. The van der Waals surface area contributed by atoms with Crippen LogP contribution in [0.2, 0.25) is 0 Å². The Labute approximate surface area is 151 Å². The number of aliphatic hydroxyl groups excluding tert-OH is 1. The highest BCUT2D eigenvalue weighted by Gasteiger charge is 2.30. The Hall–Kier alpha value is -2.73. The Morgan fingerprint density at radius 1 is 1.27 bits per heavy atom. The van der Waals surface area contributed by atoms with Crippen molar-refractivity contribution in [1.82, 2.24) is 10.2 Å². The first-order chi connectivity index (χ1) is 12.6. The molecule has 1 aliphatic heterocycles. The van der Waals surface area contributed by atoms with Gasteiger partial charge in [-0.25, -0.2) is 4.39 Å². The first kappa shape index (κ1) is 18.1. The summed E-state index contributed by atoms with van der Waals surface area (Å²) in [6, 6.07) is 12.5. The molecule has 2 aromatic carbocycles. The molecule has 1 heterocycles. The van der Waals surface area contributed by atoms with E-state index < -0.39 is 12.1 Å². The Kier molecular flexibility index (Phi) is 5.63. The number of hydrogen-bond donors (Lipinski definition) is 2. The van der Waals surface area contributed by atoms with Crippen molar-refractivity contribution >= 4 is 12.3 Å². The minimum atomic E-state index is -0.578. The maximum atomic E-state index is 13.9. The van der Waals surface area contributed by atoms with Crippen LogP contribution in [0.15, 0.2) is 48.5 Å². The lowest BCUT2D eigenvalue weighted by molar-refractivity contribution is -0.131. The standard InChI is InChI=1S/C20H21FN2O3/c21-17-5-2-1-4-16(17)14-7-9-15(10-8-14)18(12-24)22-20(26)19-6-3-11-23(19)13-25/h1-2,4-5,7-10,13,18-19,24H,3,6,11-12H2,(H,22,26). The van der Waals surface area contributed by atoms with Crippen molar-refractivity contribution in [3.63, 3.8) is 0 Å². The fraction of sp³-hybridized carbons (Fsp3) is 0.300. The van der Waals surface area contributed by atoms with Crippen molar-refractivity contribution in [2.45, 2.75) is 24.9 Å². The van der Waals surface area contributed by atoms with Gasteiger partial charge in [-0.15, -0.1) is 0 Å². The van der Waals surface area contributed by atoms with E-state index in [0.717, 1.165) is 17.5 Å². The Balaban J connectivity index is 1.73. The molecule has 2 N–H and O–H groups in total. The zero-order chi connectivity index (χ0) is 18.5. The highest BCUT2D eigenvalue weighted by atomic mass is 19.1. The third-order valence-electron chi connectivity index (χ3n) is 4.73. The molecule has 0 bridgehead atoms. The topological polar surface area (TPSA) is 69.6 Å². The van der Waals surface area contributed by atoms with Crippen LogP contribution in [0, 0.1) is 5.82 Å². The van der Waals surface area contributed by atoms with E-state index in [2.05, 4.69) is 5.32 Å². The number of carbonyl (C=O) groups is 2. The molecule has 5 nitrogen and oxygen atoms in total. The second-order valence-corrected chi connectivity index (χ2v) is 6.35. The summed E-state index contributed by atoms with van der Waals surface area (Å²) >= 11 is 0. The normalized spacial score (nSPS) is 17.8. The lowest BCUT2D eigenvalue weighted by atomic mass is 10.0. The molecular formula is C20H21FN2O3. The molecule has 0 aromatic heterocycles. The van der Waals surface area contributed by atoms with Crippen LogP contribution < -0.4 is 5.32 Å². The summed E-state index contributed by atoms with van der Waals surface area (Å²) in [4.78, 5) is 24.9. The minimum Gasteiger partial charge on any atom is -0.394 e. The summed E-state index contributed by atoms with van der Waals surface area (Å²) in [6.07, 6.45) is 2.10. The van der Waals surface area contributed by atoms with Crippen molar-refractivity contribution < 1.29 is 19.1 Å². The van der Waals surface area contributed by atoms with Crippen LogP contribution in [-0.4, -0.2) is 41.5 Å². The number of rotatable bonds is 6. The Morgan fingerprint density at radius 2 is 2.00 bits per heavy atom. The summed E-state index contributed by atoms with van der Waals surface area (Å²) in [7, 11) is 0. The summed E-state index contributed by atoms with van der Waals surface area (Å²) in [5.41, 5.74) is 1.94. The molecule has 0 spiro atoms. The van der Waals surface area contributed by atoms with Crippen LogP contribution in [0.4, 0.5) is 4.39 Å². The predicted octanol–water partition coefficient (Wildman–Crippen LogP) is 2.26. The van der Waals surface area contributed by atoms with Gasteiger partial charge in [0.1, 0.15) is 11.9 Å². The molecule has 3 rings (SSSR count). The molecule has 1 fully saturated rings. The van der Waals surface area contributed by atoms with Crippen molar-refractivity contribution in [2.75, 3.05) is 13.2 Å². The SMILES string of the molecule is O=CN1CCCC1C(=O)NC(CO)c1ccc(-c2ccccc2F)cc1. The molecule has 6 heteroatoms. The van der Waals surface area contributed by atoms with Gasteiger partial charge in [-0.05, 0) is 30.0 Å². The molecule has 26 heavy (non-hydrogen) atoms. The van der Waals surface area contributed by atoms with Crippen molar-refractivity contribution in [1.29, 1.82) is 0 Å². The van der Waals surface area contributed by atoms with Crippen molar-refractivity contribution in [3.8, 4) is 11.1 Å². The minimum absolute atomic E-state index is 0.265. The molecule has 1 saturated heterocycles. The zero-order valence-electron chi connectivity index (χ0n) is 14.3. The van der Waals surface area contributed by atoms with Gasteiger partial charge in [0, 0.05) is 12.1 Å². The molecule has 0 saturated carbocycles. The molecule has 1 aliphatic rings. The average molecular weight is 356 g/mol. The monoisotopic (exact) mass is 356 g/mol. The quantitative estimate of drug-likeness (QED) is 0.780. The number of carbonyl (C=O) groups excluding carboxylic acids is 2. The van der Waals surface area contributed by atoms with Crippen LogP contribution >= 0.6 is 0 Å². The highest BCUT2D eigenvalue weighted by Crippen LogP contribution is 2.25. The second-order valence-electron chi connectivity index (χ2n) is 6.35. The van der Waals surface area contributed by atoms with E-state index in [0.29, 0.717) is 24.9 Å². The number of aliphatic hydroxyl groups is 1. The summed E-state index contributed by atoms with van der Waals surface area (Å²) in [5.74, 6) is -0.575. The number of likely N-dealkylation sites (tertiary alicyclic amines) is 1. The van der Waals surface area contributed by atoms with E-state index in [1.807, 2.05) is 0 Å². The van der Waals surface area contributed by atoms with E-state index in [1.165, 1.54) is 11.0 Å². The Morgan fingerprint density at radius 3 is 2.65 bits per heavy atom. The van der Waals surface area contributed by atoms with Gasteiger partial charge in [0.25, 0.3) is 0 Å². The maximum absolute atomic E-state index is 13.9. The average Bonchev–Trinajstić information content (AvgIpc) is 3.15. The molecule has 136 valence electrons. The van der Waals surface area contributed by atoms with Gasteiger partial charge in [0.2, 0.25) is 12.3 Å². The maximum Gasteiger partial charge on any atom is 0.243 e. The molecule has 0 radical (unpaired) electrons. The fourth-order valence-corrected chi connectivity index (χ4v) is 3.29. The Bertz CT molecular complexity index is 779. The third kappa shape index (κ3) is 3.75. The lowest BCUT2D eigenvalue weighted by Crippen LogP contribution is -2.44. The van der Waals surface area contributed by atoms with Gasteiger partial charge in [0.15, 0.2) is 0 Å². The number of hydrogen-bond acceptors (Lipinski definition) is 3. The molecular weight excluding hydrogens is 335 g/mol. The van der Waals surface area contributed by atoms with Gasteiger partial charge in [-0.3, -0.25) is 9.59 Å². The molecule has 2 unspecified atom stereocenters. The van der Waals surface area contributed by atoms with Crippen LogP contribution in [0.3, 0.4) is 0 Å². The fourth-order valence-electron chi connectivity index (χ4n) is 3.29. The van der Waals surface area contributed by atoms with Gasteiger partial charge in [-0.2, -0.15) is 0 Å². The number of halogens is 1. The van der Waals surface area contributed by atoms with Crippen molar-refractivity contribution in [2.24, 2.45) is 0 Å². The summed E-state index contributed by atoms with van der Waals surface area (Å²) < 4.78 is 13.9. The lowest BCUT2D eigenvalue weighted by Gasteiger charge is -2.23. The van der Waals surface area contributed by atoms with E-state index in [1.54, 1.807) is 42.5 Å². The number of nitrogens with one attached hydrogen (secondary N) is 1. The van der Waals surface area contributed by atoms with Crippen molar-refractivity contribution in [3.05, 3.63) is 59.9 Å². The van der Waals surface area contributed by atoms with E-state index in [-0.39, 0.29) is 18.3 Å². The van der Waals surface area contributed by atoms with Gasteiger partial charge < -0.3 is 15.3 Å². The molecule has 2 aromatic rings. The molecule has 0 aliphatic carbocycles. The zero-order valence-corrected chi connectivity index (χ0v) is 14.3. The summed E-state index contributed by atoms with van der Waals surface area (Å²) in [6.45, 7) is 0.307. The molecule has 2 amide bonds. The first-order valence-corrected chi connectivity index (χ1v) is 8.61. The smallest absolute Gasteiger partial charge is 0.243 e. The van der Waals surface area contributed by atoms with Crippen LogP contribution in [0.1, 0.15) is 24.4 Å². The summed E-state index contributed by atoms with van der Waals surface area (Å²) in [5, 5.41) is 12.5. The first-order valence-electron chi connectivity index (χ1n) is 8.61. The number of nitrogens with zero attached hydrogens (tertiary/aromatic N) is 1. The third-order valence-corrected chi connectivity index (χ3v) is 4.73. The number of amides is 2. The van der Waals surface area contributed by atoms with Crippen LogP contribution in [-0.2, 0) is 9.59 Å². The molecule has 2 atom stereocenters. The van der Waals surface area contributed by atoms with E-state index >= 15 is 0 Å². The largest absolute Gasteiger partial charge is 0.394 e. The van der Waals surface area contributed by atoms with Crippen LogP contribution in [0.5, 0.6) is 0 Å². The predicted molar refractivity (Wildman–Crippen MR) is 95.6 cm³/mol. The highest BCUT2D eigenvalue weighted by molar-refractivity contribution is 5.84. The van der Waals surface area contributed by atoms with E-state index in [9.17, 15) is 19.1 Å². The van der Waals surface area contributed by atoms with Gasteiger partial charge in [0.05, 0.1) is 12.6 Å². The van der Waals surface area contributed by atoms with Gasteiger partial charge in [-0.1, -0.05) is 42.5 Å².